The van der Waals surface area contributed by atoms with Crippen LogP contribution < -0.4 is 14.2 Å². The van der Waals surface area contributed by atoms with Gasteiger partial charge in [-0.1, -0.05) is 36.4 Å². The first-order valence-corrected chi connectivity index (χ1v) is 11.6. The molecule has 7 heteroatoms. The molecule has 188 valence electrons. The lowest BCUT2D eigenvalue weighted by Gasteiger charge is -2.37. The largest absolute Gasteiger partial charge is 0.497 e. The van der Waals surface area contributed by atoms with Crippen LogP contribution in [-0.4, -0.2) is 58.8 Å². The molecule has 0 saturated heterocycles. The maximum Gasteiger partial charge on any atom is 0.283 e. The highest BCUT2D eigenvalue weighted by Gasteiger charge is 2.53. The van der Waals surface area contributed by atoms with Gasteiger partial charge in [0.05, 0.1) is 32.5 Å². The van der Waals surface area contributed by atoms with Crippen LogP contribution in [0.25, 0.3) is 11.1 Å². The Bertz CT molecular complexity index is 1210. The Kier molecular flexibility index (Phi) is 7.62. The van der Waals surface area contributed by atoms with Crippen molar-refractivity contribution in [1.29, 1.82) is 0 Å². The third-order valence-corrected chi connectivity index (χ3v) is 6.47. The van der Waals surface area contributed by atoms with Crippen molar-refractivity contribution in [2.45, 2.75) is 12.3 Å². The molecule has 1 heterocycles. The van der Waals surface area contributed by atoms with E-state index in [0.717, 1.165) is 22.4 Å². The molecule has 0 N–H and O–H groups in total. The molecule has 0 bridgehead atoms. The molecular formula is C29H31NO6. The summed E-state index contributed by atoms with van der Waals surface area (Å²) in [7, 11) is 7.97. The van der Waals surface area contributed by atoms with Crippen molar-refractivity contribution in [2.75, 3.05) is 42.1 Å². The van der Waals surface area contributed by atoms with Crippen LogP contribution in [0.1, 0.15) is 16.7 Å². The highest BCUT2D eigenvalue weighted by Crippen LogP contribution is 2.47. The summed E-state index contributed by atoms with van der Waals surface area (Å²) in [4.78, 5) is 15.7. The predicted octanol–water partition coefficient (Wildman–Crippen LogP) is 4.65. The molecule has 3 aromatic carbocycles. The number of ether oxygens (including phenoxy) is 5. The highest BCUT2D eigenvalue weighted by atomic mass is 16.7. The Labute approximate surface area is 211 Å². The highest BCUT2D eigenvalue weighted by molar-refractivity contribution is 6.31. The van der Waals surface area contributed by atoms with E-state index in [1.165, 1.54) is 0 Å². The predicted molar refractivity (Wildman–Crippen MR) is 138 cm³/mol. The van der Waals surface area contributed by atoms with E-state index in [-0.39, 0.29) is 5.91 Å². The van der Waals surface area contributed by atoms with Crippen LogP contribution in [0, 0.1) is 0 Å². The van der Waals surface area contributed by atoms with Crippen LogP contribution in [0.4, 0.5) is 0 Å². The summed E-state index contributed by atoms with van der Waals surface area (Å²) in [6.45, 7) is 0.381. The van der Waals surface area contributed by atoms with Crippen LogP contribution in [0.5, 0.6) is 17.2 Å². The maximum atomic E-state index is 14.1. The Hall–Kier alpha value is -3.81. The number of benzene rings is 3. The average molecular weight is 490 g/mol. The zero-order valence-corrected chi connectivity index (χ0v) is 21.2. The summed E-state index contributed by atoms with van der Waals surface area (Å²) in [5.41, 5.74) is 3.76. The van der Waals surface area contributed by atoms with Gasteiger partial charge in [0.1, 0.15) is 17.2 Å². The van der Waals surface area contributed by atoms with Crippen LogP contribution in [0.15, 0.2) is 72.8 Å². The molecule has 4 rings (SSSR count). The smallest absolute Gasteiger partial charge is 0.283 e. The summed E-state index contributed by atoms with van der Waals surface area (Å²) >= 11 is 0. The number of hydrogen-bond acceptors (Lipinski definition) is 6. The fourth-order valence-electron chi connectivity index (χ4n) is 4.57. The molecule has 0 aliphatic carbocycles. The molecule has 3 aromatic rings. The van der Waals surface area contributed by atoms with Gasteiger partial charge in [0, 0.05) is 20.8 Å². The van der Waals surface area contributed by atoms with Crippen molar-refractivity contribution in [3.8, 4) is 17.2 Å². The molecule has 0 saturated carbocycles. The average Bonchev–Trinajstić information content (AvgIpc) is 3.19. The van der Waals surface area contributed by atoms with E-state index in [9.17, 15) is 4.79 Å². The minimum absolute atomic E-state index is 0.178. The topological polar surface area (TPSA) is 66.5 Å². The molecule has 0 fully saturated rings. The van der Waals surface area contributed by atoms with Gasteiger partial charge < -0.3 is 23.7 Å². The van der Waals surface area contributed by atoms with Gasteiger partial charge in [-0.3, -0.25) is 9.69 Å². The molecular weight excluding hydrogens is 458 g/mol. The molecule has 1 amide bonds. The van der Waals surface area contributed by atoms with E-state index in [4.69, 9.17) is 23.7 Å². The van der Waals surface area contributed by atoms with Gasteiger partial charge in [-0.15, -0.1) is 0 Å². The molecule has 0 atom stereocenters. The first-order valence-electron chi connectivity index (χ1n) is 11.6. The molecule has 36 heavy (non-hydrogen) atoms. The van der Waals surface area contributed by atoms with Crippen LogP contribution in [-0.2, 0) is 20.7 Å². The summed E-state index contributed by atoms with van der Waals surface area (Å²) < 4.78 is 28.0. The van der Waals surface area contributed by atoms with Crippen LogP contribution in [0.2, 0.25) is 0 Å². The number of rotatable bonds is 10. The molecule has 0 spiro atoms. The zero-order valence-electron chi connectivity index (χ0n) is 21.2. The van der Waals surface area contributed by atoms with Crippen molar-refractivity contribution in [1.82, 2.24) is 4.90 Å². The van der Waals surface area contributed by atoms with Crippen LogP contribution >= 0.6 is 0 Å². The van der Waals surface area contributed by atoms with E-state index in [1.54, 1.807) is 40.4 Å². The standard InChI is InChI=1S/C29H31NO6/c1-32-23-12-6-20(7-13-23)18-19-30-28(31)26(21-8-14-24(33-2)15-9-21)27(29(30,35-4)36-5)22-10-16-25(34-3)17-11-22/h6-17H,18-19H2,1-5H3. The van der Waals surface area contributed by atoms with Crippen molar-refractivity contribution in [2.24, 2.45) is 0 Å². The second-order valence-corrected chi connectivity index (χ2v) is 8.25. The molecule has 1 aliphatic rings. The first kappa shape index (κ1) is 25.3. The van der Waals surface area contributed by atoms with E-state index >= 15 is 0 Å². The third kappa shape index (κ3) is 4.55. The Morgan fingerprint density at radius 3 is 1.53 bits per heavy atom. The Balaban J connectivity index is 1.80. The maximum absolute atomic E-state index is 14.1. The Morgan fingerprint density at radius 1 is 0.639 bits per heavy atom. The number of methoxy groups -OCH3 is 5. The van der Waals surface area contributed by atoms with Crippen molar-refractivity contribution in [3.63, 3.8) is 0 Å². The van der Waals surface area contributed by atoms with Gasteiger partial charge in [-0.05, 0) is 59.5 Å². The number of hydrogen-bond donors (Lipinski definition) is 0. The molecule has 0 radical (unpaired) electrons. The fraction of sp³-hybridized carbons (Fsp3) is 0.276. The Morgan fingerprint density at radius 2 is 1.08 bits per heavy atom. The normalized spacial score (nSPS) is 14.8. The monoisotopic (exact) mass is 489 g/mol. The SMILES string of the molecule is COc1ccc(CCN2C(=O)C(c3ccc(OC)cc3)=C(c3ccc(OC)cc3)C2(OC)OC)cc1. The fourth-order valence-corrected chi connectivity index (χ4v) is 4.57. The summed E-state index contributed by atoms with van der Waals surface area (Å²) in [6, 6.07) is 22.7. The van der Waals surface area contributed by atoms with Gasteiger partial charge in [0.15, 0.2) is 0 Å². The van der Waals surface area contributed by atoms with Gasteiger partial charge in [0.25, 0.3) is 11.8 Å². The van der Waals surface area contributed by atoms with Crippen molar-refractivity contribution in [3.05, 3.63) is 89.5 Å². The van der Waals surface area contributed by atoms with E-state index in [2.05, 4.69) is 0 Å². The molecule has 0 aromatic heterocycles. The third-order valence-electron chi connectivity index (χ3n) is 6.47. The summed E-state index contributed by atoms with van der Waals surface area (Å²) in [6.07, 6.45) is 0.607. The van der Waals surface area contributed by atoms with Gasteiger partial charge in [0.2, 0.25) is 0 Å². The minimum atomic E-state index is -1.41. The quantitative estimate of drug-likeness (QED) is 0.386. The van der Waals surface area contributed by atoms with Crippen molar-refractivity contribution >= 4 is 17.1 Å². The summed E-state index contributed by atoms with van der Waals surface area (Å²) in [5, 5.41) is 0. The number of amides is 1. The van der Waals surface area contributed by atoms with Crippen LogP contribution in [0.3, 0.4) is 0 Å². The molecule has 1 aliphatic heterocycles. The van der Waals surface area contributed by atoms with E-state index in [0.29, 0.717) is 35.6 Å². The molecule has 0 unspecified atom stereocenters. The number of nitrogens with zero attached hydrogens (tertiary/aromatic N) is 1. The number of carbonyl (C=O) groups is 1. The lowest BCUT2D eigenvalue weighted by atomic mass is 9.94. The van der Waals surface area contributed by atoms with Gasteiger partial charge in [-0.25, -0.2) is 0 Å². The second-order valence-electron chi connectivity index (χ2n) is 8.25. The lowest BCUT2D eigenvalue weighted by molar-refractivity contribution is -0.241. The summed E-state index contributed by atoms with van der Waals surface area (Å²) in [5.74, 6) is 0.615. The van der Waals surface area contributed by atoms with E-state index in [1.807, 2.05) is 72.8 Å². The number of carbonyl (C=O) groups excluding carboxylic acids is 1. The second kappa shape index (κ2) is 10.8. The van der Waals surface area contributed by atoms with Crippen molar-refractivity contribution < 1.29 is 28.5 Å². The van der Waals surface area contributed by atoms with Gasteiger partial charge >= 0.3 is 0 Å². The first-order chi connectivity index (χ1) is 17.5. The zero-order chi connectivity index (χ0) is 25.7. The minimum Gasteiger partial charge on any atom is -0.497 e. The van der Waals surface area contributed by atoms with E-state index < -0.39 is 5.91 Å². The lowest BCUT2D eigenvalue weighted by Crippen LogP contribution is -2.51. The molecule has 7 nitrogen and oxygen atoms in total. The van der Waals surface area contributed by atoms with Gasteiger partial charge in [-0.2, -0.15) is 0 Å².